The Kier molecular flexibility index (Phi) is 18.2. The van der Waals surface area contributed by atoms with Crippen LogP contribution in [0.25, 0.3) is 0 Å². The van der Waals surface area contributed by atoms with Gasteiger partial charge in [-0.25, -0.2) is 4.79 Å². The van der Waals surface area contributed by atoms with Crippen molar-refractivity contribution < 1.29 is 18.8 Å². The highest BCUT2D eigenvalue weighted by Crippen LogP contribution is 2.20. The molecular formula is C37H60NO3+. The fourth-order valence-electron chi connectivity index (χ4n) is 5.67. The van der Waals surface area contributed by atoms with Crippen LogP contribution in [0.3, 0.4) is 0 Å². The smallest absolute Gasteiger partial charge is 0.364 e. The van der Waals surface area contributed by atoms with Gasteiger partial charge in [-0.3, -0.25) is 0 Å². The number of nitrogens with zero attached hydrogens (tertiary/aromatic N) is 1. The van der Waals surface area contributed by atoms with E-state index >= 15 is 0 Å². The fraction of sp³-hybridized carbons (Fsp3) is 0.649. The maximum absolute atomic E-state index is 13.0. The van der Waals surface area contributed by atoms with E-state index in [2.05, 4.69) is 70.4 Å². The molecule has 0 bridgehead atoms. The number of rotatable bonds is 24. The standard InChI is InChI=1S/C37H60NO3/c1-5-7-8-9-10-11-12-13-14-15-16-18-24-33-27-21-28-35(31-33)40-29-22-30-41-37(39)36(23-6-2)38(3,4)32-34-25-19-17-20-26-34/h17,19-21,25-28,31,36H,5-16,18,22-24,29-30,32H2,1-4H3/q+1. The van der Waals surface area contributed by atoms with Gasteiger partial charge in [0.1, 0.15) is 12.3 Å². The molecule has 0 fully saturated rings. The molecule has 0 saturated carbocycles. The summed E-state index contributed by atoms with van der Waals surface area (Å²) in [4.78, 5) is 13.0. The lowest BCUT2D eigenvalue weighted by molar-refractivity contribution is -0.920. The summed E-state index contributed by atoms with van der Waals surface area (Å²) in [5.74, 6) is 0.814. The van der Waals surface area contributed by atoms with E-state index in [1.54, 1.807) is 0 Å². The molecule has 41 heavy (non-hydrogen) atoms. The van der Waals surface area contributed by atoms with Crippen molar-refractivity contribution in [3.05, 3.63) is 65.7 Å². The first-order valence-corrected chi connectivity index (χ1v) is 16.7. The molecular weight excluding hydrogens is 506 g/mol. The van der Waals surface area contributed by atoms with E-state index in [1.807, 2.05) is 12.1 Å². The number of likely N-dealkylation sites (N-methyl/N-ethyl adjacent to an activating group) is 1. The van der Waals surface area contributed by atoms with Crippen LogP contribution in [0.15, 0.2) is 54.6 Å². The van der Waals surface area contributed by atoms with Crippen LogP contribution in [0.2, 0.25) is 0 Å². The number of esters is 1. The Morgan fingerprint density at radius 2 is 1.29 bits per heavy atom. The molecule has 0 radical (unpaired) electrons. The van der Waals surface area contributed by atoms with Crippen LogP contribution < -0.4 is 4.74 Å². The summed E-state index contributed by atoms with van der Waals surface area (Å²) in [5.41, 5.74) is 2.59. The number of aryl methyl sites for hydroxylation is 1. The Morgan fingerprint density at radius 1 is 0.683 bits per heavy atom. The topological polar surface area (TPSA) is 35.5 Å². The van der Waals surface area contributed by atoms with Gasteiger partial charge in [0.05, 0.1) is 27.3 Å². The monoisotopic (exact) mass is 566 g/mol. The van der Waals surface area contributed by atoms with E-state index < -0.39 is 0 Å². The van der Waals surface area contributed by atoms with Crippen molar-refractivity contribution in [2.75, 3.05) is 27.3 Å². The number of quaternary nitrogens is 1. The van der Waals surface area contributed by atoms with Gasteiger partial charge in [0, 0.05) is 18.4 Å². The summed E-state index contributed by atoms with van der Waals surface area (Å²) in [6, 6.07) is 18.7. The number of carbonyl (C=O) groups excluding carboxylic acids is 1. The van der Waals surface area contributed by atoms with Gasteiger partial charge in [0.15, 0.2) is 6.04 Å². The van der Waals surface area contributed by atoms with Gasteiger partial charge in [-0.1, -0.05) is 127 Å². The van der Waals surface area contributed by atoms with Crippen molar-refractivity contribution in [2.45, 2.75) is 129 Å². The second-order valence-corrected chi connectivity index (χ2v) is 12.4. The first-order chi connectivity index (χ1) is 20.0. The molecule has 4 nitrogen and oxygen atoms in total. The molecule has 0 aliphatic carbocycles. The second kappa shape index (κ2) is 21.4. The molecule has 1 atom stereocenters. The minimum atomic E-state index is -0.168. The van der Waals surface area contributed by atoms with E-state index in [0.717, 1.165) is 31.6 Å². The molecule has 0 spiro atoms. The average Bonchev–Trinajstić information content (AvgIpc) is 2.96. The summed E-state index contributed by atoms with van der Waals surface area (Å²) in [7, 11) is 4.25. The van der Waals surface area contributed by atoms with Gasteiger partial charge in [-0.05, 0) is 37.0 Å². The van der Waals surface area contributed by atoms with Crippen molar-refractivity contribution in [1.29, 1.82) is 0 Å². The molecule has 0 aromatic heterocycles. The van der Waals surface area contributed by atoms with Gasteiger partial charge in [0.25, 0.3) is 0 Å². The van der Waals surface area contributed by atoms with Crippen LogP contribution in [0.5, 0.6) is 5.75 Å². The van der Waals surface area contributed by atoms with E-state index in [4.69, 9.17) is 9.47 Å². The van der Waals surface area contributed by atoms with Crippen LogP contribution in [0, 0.1) is 0 Å². The van der Waals surface area contributed by atoms with Crippen molar-refractivity contribution >= 4 is 5.97 Å². The molecule has 4 heteroatoms. The summed E-state index contributed by atoms with van der Waals surface area (Å²) < 4.78 is 12.3. The van der Waals surface area contributed by atoms with Crippen LogP contribution in [0.4, 0.5) is 0 Å². The Bertz CT molecular complexity index is 927. The van der Waals surface area contributed by atoms with E-state index in [0.29, 0.717) is 24.1 Å². The van der Waals surface area contributed by atoms with Gasteiger partial charge < -0.3 is 14.0 Å². The Hall–Kier alpha value is -2.33. The average molecular weight is 567 g/mol. The third-order valence-electron chi connectivity index (χ3n) is 8.13. The molecule has 1 unspecified atom stereocenters. The first-order valence-electron chi connectivity index (χ1n) is 16.7. The highest BCUT2D eigenvalue weighted by atomic mass is 16.5. The van der Waals surface area contributed by atoms with Crippen molar-refractivity contribution in [3.63, 3.8) is 0 Å². The first kappa shape index (κ1) is 34.9. The lowest BCUT2D eigenvalue weighted by atomic mass is 10.0. The zero-order chi connectivity index (χ0) is 29.6. The highest BCUT2D eigenvalue weighted by molar-refractivity contribution is 5.74. The SMILES string of the molecule is CCCCCCCCCCCCCCc1cccc(OCCCOC(=O)C(CCC)[N+](C)(C)Cc2ccccc2)c1. The van der Waals surface area contributed by atoms with Gasteiger partial charge >= 0.3 is 5.97 Å². The maximum atomic E-state index is 13.0. The van der Waals surface area contributed by atoms with E-state index in [9.17, 15) is 4.79 Å². The number of hydrogen-bond donors (Lipinski definition) is 0. The molecule has 0 N–H and O–H groups in total. The van der Waals surface area contributed by atoms with Gasteiger partial charge in [0.2, 0.25) is 0 Å². The largest absolute Gasteiger partial charge is 0.493 e. The number of ether oxygens (including phenoxy) is 2. The minimum absolute atomic E-state index is 0.0998. The fourth-order valence-corrected chi connectivity index (χ4v) is 5.67. The van der Waals surface area contributed by atoms with E-state index in [-0.39, 0.29) is 12.0 Å². The quantitative estimate of drug-likeness (QED) is 0.0721. The normalized spacial score (nSPS) is 12.3. The summed E-state index contributed by atoms with van der Waals surface area (Å²) in [6.07, 6.45) is 20.1. The van der Waals surface area contributed by atoms with E-state index in [1.165, 1.54) is 88.2 Å². The van der Waals surface area contributed by atoms with Crippen LogP contribution in [-0.4, -0.2) is 43.8 Å². The molecule has 0 aliphatic rings. The lowest BCUT2D eigenvalue weighted by Gasteiger charge is -2.36. The van der Waals surface area contributed by atoms with Gasteiger partial charge in [-0.2, -0.15) is 0 Å². The minimum Gasteiger partial charge on any atom is -0.493 e. The van der Waals surface area contributed by atoms with Gasteiger partial charge in [-0.15, -0.1) is 0 Å². The Labute approximate surface area is 252 Å². The predicted octanol–water partition coefficient (Wildman–Crippen LogP) is 9.69. The van der Waals surface area contributed by atoms with Crippen molar-refractivity contribution in [3.8, 4) is 5.75 Å². The zero-order valence-electron chi connectivity index (χ0n) is 26.9. The molecule has 2 aromatic rings. The molecule has 0 aliphatic heterocycles. The Morgan fingerprint density at radius 3 is 1.93 bits per heavy atom. The third-order valence-corrected chi connectivity index (χ3v) is 8.13. The number of benzene rings is 2. The zero-order valence-corrected chi connectivity index (χ0v) is 26.9. The Balaban J connectivity index is 1.59. The maximum Gasteiger partial charge on any atom is 0.364 e. The van der Waals surface area contributed by atoms with Crippen LogP contribution in [-0.2, 0) is 22.5 Å². The molecule has 0 amide bonds. The molecule has 0 heterocycles. The molecule has 2 rings (SSSR count). The van der Waals surface area contributed by atoms with Crippen LogP contribution >= 0.6 is 0 Å². The lowest BCUT2D eigenvalue weighted by Crippen LogP contribution is -2.52. The summed E-state index contributed by atoms with van der Waals surface area (Å²) in [5, 5.41) is 0. The number of carbonyl (C=O) groups is 1. The van der Waals surface area contributed by atoms with Crippen molar-refractivity contribution in [1.82, 2.24) is 0 Å². The number of hydrogen-bond acceptors (Lipinski definition) is 3. The molecule has 0 saturated heterocycles. The second-order valence-electron chi connectivity index (χ2n) is 12.4. The summed E-state index contributed by atoms with van der Waals surface area (Å²) >= 11 is 0. The number of unbranched alkanes of at least 4 members (excludes halogenated alkanes) is 11. The predicted molar refractivity (Wildman–Crippen MR) is 173 cm³/mol. The molecule has 230 valence electrons. The third kappa shape index (κ3) is 15.5. The summed E-state index contributed by atoms with van der Waals surface area (Å²) in [6.45, 7) is 6.16. The molecule has 2 aromatic carbocycles. The highest BCUT2D eigenvalue weighted by Gasteiger charge is 2.35. The van der Waals surface area contributed by atoms with Crippen molar-refractivity contribution in [2.24, 2.45) is 0 Å². The van der Waals surface area contributed by atoms with Crippen LogP contribution in [0.1, 0.15) is 121 Å².